The Labute approximate surface area is 102 Å². The first-order valence-electron chi connectivity index (χ1n) is 6.14. The quantitative estimate of drug-likeness (QED) is 0.825. The van der Waals surface area contributed by atoms with Gasteiger partial charge in [-0.2, -0.15) is 0 Å². The Kier molecular flexibility index (Phi) is 4.02. The lowest BCUT2D eigenvalue weighted by Crippen LogP contribution is -2.14. The molecule has 0 spiro atoms. The maximum Gasteiger partial charge on any atom is 0.119 e. The fourth-order valence-corrected chi connectivity index (χ4v) is 1.80. The van der Waals surface area contributed by atoms with Crippen molar-refractivity contribution in [3.63, 3.8) is 0 Å². The van der Waals surface area contributed by atoms with E-state index < -0.39 is 6.10 Å². The van der Waals surface area contributed by atoms with E-state index in [1.54, 1.807) is 7.11 Å². The van der Waals surface area contributed by atoms with Gasteiger partial charge in [-0.15, -0.1) is 0 Å². The average Bonchev–Trinajstić information content (AvgIpc) is 3.13. The maximum absolute atomic E-state index is 10.1. The van der Waals surface area contributed by atoms with Gasteiger partial charge in [0.2, 0.25) is 0 Å². The number of aliphatic hydroxyl groups is 1. The van der Waals surface area contributed by atoms with E-state index in [-0.39, 0.29) is 5.92 Å². The maximum atomic E-state index is 10.1. The number of hydrogen-bond donors (Lipinski definition) is 1. The Morgan fingerprint density at radius 2 is 1.94 bits per heavy atom. The van der Waals surface area contributed by atoms with Gasteiger partial charge in [-0.1, -0.05) is 19.1 Å². The first-order chi connectivity index (χ1) is 8.20. The van der Waals surface area contributed by atoms with Crippen molar-refractivity contribution < 1.29 is 14.6 Å². The van der Waals surface area contributed by atoms with E-state index in [9.17, 15) is 5.11 Å². The third-order valence-corrected chi connectivity index (χ3v) is 3.02. The first kappa shape index (κ1) is 12.4. The summed E-state index contributed by atoms with van der Waals surface area (Å²) in [5, 5.41) is 10.1. The molecule has 0 aromatic heterocycles. The molecular weight excluding hydrogens is 216 g/mol. The molecule has 2 atom stereocenters. The molecule has 0 aliphatic heterocycles. The van der Waals surface area contributed by atoms with E-state index in [0.717, 1.165) is 24.2 Å². The molecule has 1 saturated carbocycles. The highest BCUT2D eigenvalue weighted by molar-refractivity contribution is 5.29. The smallest absolute Gasteiger partial charge is 0.119 e. The van der Waals surface area contributed by atoms with E-state index in [1.807, 2.05) is 31.2 Å². The molecule has 17 heavy (non-hydrogen) atoms. The van der Waals surface area contributed by atoms with Crippen LogP contribution in [0, 0.1) is 5.92 Å². The molecule has 0 radical (unpaired) electrons. The van der Waals surface area contributed by atoms with Crippen molar-refractivity contribution in [2.45, 2.75) is 32.0 Å². The van der Waals surface area contributed by atoms with Crippen molar-refractivity contribution in [1.82, 2.24) is 0 Å². The lowest BCUT2D eigenvalue weighted by molar-refractivity contribution is 0.0566. The Morgan fingerprint density at radius 1 is 1.29 bits per heavy atom. The zero-order valence-corrected chi connectivity index (χ0v) is 10.4. The summed E-state index contributed by atoms with van der Waals surface area (Å²) in [5.41, 5.74) is 0.915. The fourth-order valence-electron chi connectivity index (χ4n) is 1.80. The molecule has 1 aromatic rings. The van der Waals surface area contributed by atoms with Crippen LogP contribution in [0.1, 0.15) is 31.4 Å². The van der Waals surface area contributed by atoms with Crippen LogP contribution < -0.4 is 4.74 Å². The number of rotatable bonds is 6. The molecule has 1 aromatic carbocycles. The molecule has 0 amide bonds. The molecule has 1 N–H and O–H groups in total. The summed E-state index contributed by atoms with van der Waals surface area (Å²) in [5.74, 6) is 0.984. The molecule has 1 aliphatic carbocycles. The van der Waals surface area contributed by atoms with Crippen LogP contribution in [-0.4, -0.2) is 24.9 Å². The van der Waals surface area contributed by atoms with Gasteiger partial charge in [-0.3, -0.25) is 0 Å². The summed E-state index contributed by atoms with van der Waals surface area (Å²) < 4.78 is 10.7. The second kappa shape index (κ2) is 5.52. The van der Waals surface area contributed by atoms with Gasteiger partial charge in [0.15, 0.2) is 0 Å². The fraction of sp³-hybridized carbons (Fsp3) is 0.571. The topological polar surface area (TPSA) is 38.7 Å². The van der Waals surface area contributed by atoms with E-state index in [1.165, 1.54) is 0 Å². The highest BCUT2D eigenvalue weighted by Crippen LogP contribution is 2.28. The highest BCUT2D eigenvalue weighted by Gasteiger charge is 2.23. The normalized spacial score (nSPS) is 18.8. The van der Waals surface area contributed by atoms with Crippen LogP contribution in [-0.2, 0) is 4.74 Å². The Morgan fingerprint density at radius 3 is 2.47 bits per heavy atom. The summed E-state index contributed by atoms with van der Waals surface area (Å²) in [6.07, 6.45) is 2.26. The van der Waals surface area contributed by atoms with Crippen molar-refractivity contribution in [3.8, 4) is 5.75 Å². The zero-order chi connectivity index (χ0) is 12.3. The number of methoxy groups -OCH3 is 1. The predicted octanol–water partition coefficient (Wildman–Crippen LogP) is 2.54. The Hall–Kier alpha value is -1.06. The summed E-state index contributed by atoms with van der Waals surface area (Å²) in [6, 6.07) is 7.70. The zero-order valence-electron chi connectivity index (χ0n) is 10.4. The van der Waals surface area contributed by atoms with Crippen molar-refractivity contribution in [2.24, 2.45) is 5.92 Å². The number of benzene rings is 1. The molecule has 2 rings (SSSR count). The van der Waals surface area contributed by atoms with E-state index in [0.29, 0.717) is 12.7 Å². The second-order valence-corrected chi connectivity index (χ2v) is 4.76. The van der Waals surface area contributed by atoms with Gasteiger partial charge in [-0.05, 0) is 30.5 Å². The first-order valence-corrected chi connectivity index (χ1v) is 6.14. The van der Waals surface area contributed by atoms with Crippen molar-refractivity contribution in [1.29, 1.82) is 0 Å². The van der Waals surface area contributed by atoms with E-state index >= 15 is 0 Å². The third kappa shape index (κ3) is 3.45. The molecule has 1 fully saturated rings. The van der Waals surface area contributed by atoms with Crippen molar-refractivity contribution >= 4 is 0 Å². The largest absolute Gasteiger partial charge is 0.490 e. The van der Waals surface area contributed by atoms with E-state index in [2.05, 4.69) is 0 Å². The van der Waals surface area contributed by atoms with Crippen LogP contribution >= 0.6 is 0 Å². The van der Waals surface area contributed by atoms with Crippen LogP contribution in [0.25, 0.3) is 0 Å². The van der Waals surface area contributed by atoms with Gasteiger partial charge < -0.3 is 14.6 Å². The van der Waals surface area contributed by atoms with Crippen molar-refractivity contribution in [3.05, 3.63) is 29.8 Å². The van der Waals surface area contributed by atoms with Gasteiger partial charge in [0, 0.05) is 13.0 Å². The van der Waals surface area contributed by atoms with Gasteiger partial charge in [0.25, 0.3) is 0 Å². The lowest BCUT2D eigenvalue weighted by atomic mass is 9.98. The SMILES string of the molecule is COCC(C)C(O)c1ccc(OC2CC2)cc1. The monoisotopic (exact) mass is 236 g/mol. The van der Waals surface area contributed by atoms with Crippen LogP contribution in [0.4, 0.5) is 0 Å². The predicted molar refractivity (Wildman–Crippen MR) is 66.1 cm³/mol. The minimum absolute atomic E-state index is 0.0928. The number of aliphatic hydroxyl groups excluding tert-OH is 1. The van der Waals surface area contributed by atoms with Gasteiger partial charge in [0.1, 0.15) is 5.75 Å². The molecule has 2 unspecified atom stereocenters. The Bertz CT molecular complexity index is 343. The standard InChI is InChI=1S/C14H20O3/c1-10(9-16-2)14(15)11-3-5-12(6-4-11)17-13-7-8-13/h3-6,10,13-15H,7-9H2,1-2H3. The minimum atomic E-state index is -0.482. The molecular formula is C14H20O3. The molecule has 3 nitrogen and oxygen atoms in total. The molecule has 94 valence electrons. The molecule has 3 heteroatoms. The van der Waals surface area contributed by atoms with Crippen LogP contribution in [0.15, 0.2) is 24.3 Å². The number of ether oxygens (including phenoxy) is 2. The molecule has 0 bridgehead atoms. The molecule has 0 saturated heterocycles. The Balaban J connectivity index is 1.95. The average molecular weight is 236 g/mol. The highest BCUT2D eigenvalue weighted by atomic mass is 16.5. The van der Waals surface area contributed by atoms with Crippen molar-refractivity contribution in [2.75, 3.05) is 13.7 Å². The summed E-state index contributed by atoms with van der Waals surface area (Å²) in [4.78, 5) is 0. The summed E-state index contributed by atoms with van der Waals surface area (Å²) in [6.45, 7) is 2.53. The number of hydrogen-bond acceptors (Lipinski definition) is 3. The molecule has 1 aliphatic rings. The molecule has 0 heterocycles. The second-order valence-electron chi connectivity index (χ2n) is 4.76. The van der Waals surface area contributed by atoms with Gasteiger partial charge in [0.05, 0.1) is 18.8 Å². The summed E-state index contributed by atoms with van der Waals surface area (Å²) >= 11 is 0. The lowest BCUT2D eigenvalue weighted by Gasteiger charge is -2.18. The van der Waals surface area contributed by atoms with Crippen LogP contribution in [0.3, 0.4) is 0 Å². The third-order valence-electron chi connectivity index (χ3n) is 3.02. The summed E-state index contributed by atoms with van der Waals surface area (Å²) in [7, 11) is 1.65. The van der Waals surface area contributed by atoms with Crippen LogP contribution in [0.2, 0.25) is 0 Å². The van der Waals surface area contributed by atoms with E-state index in [4.69, 9.17) is 9.47 Å². The van der Waals surface area contributed by atoms with Gasteiger partial charge >= 0.3 is 0 Å². The van der Waals surface area contributed by atoms with Crippen LogP contribution in [0.5, 0.6) is 5.75 Å². The van der Waals surface area contributed by atoms with Gasteiger partial charge in [-0.25, -0.2) is 0 Å². The minimum Gasteiger partial charge on any atom is -0.490 e.